The van der Waals surface area contributed by atoms with Gasteiger partial charge in [-0.05, 0) is 26.0 Å². The zero-order valence-electron chi connectivity index (χ0n) is 13.7. The fourth-order valence-corrected chi connectivity index (χ4v) is 2.57. The first-order valence-corrected chi connectivity index (χ1v) is 7.65. The van der Waals surface area contributed by atoms with Crippen molar-refractivity contribution in [2.24, 2.45) is 0 Å². The van der Waals surface area contributed by atoms with Gasteiger partial charge < -0.3 is 14.6 Å². The first-order chi connectivity index (χ1) is 11.6. The predicted octanol–water partition coefficient (Wildman–Crippen LogP) is 2.77. The third kappa shape index (κ3) is 4.28. The molecule has 0 radical (unpaired) electrons. The van der Waals surface area contributed by atoms with E-state index in [-0.39, 0.29) is 30.0 Å². The number of rotatable bonds is 6. The predicted molar refractivity (Wildman–Crippen MR) is 83.8 cm³/mol. The Morgan fingerprint density at radius 3 is 2.48 bits per heavy atom. The summed E-state index contributed by atoms with van der Waals surface area (Å²) >= 11 is 0. The van der Waals surface area contributed by atoms with Gasteiger partial charge >= 0.3 is 12.1 Å². The summed E-state index contributed by atoms with van der Waals surface area (Å²) in [5.41, 5.74) is 0.342. The molecule has 2 aromatic rings. The van der Waals surface area contributed by atoms with E-state index in [1.807, 2.05) is 0 Å². The molecule has 0 saturated carbocycles. The molecule has 1 aromatic carbocycles. The average Bonchev–Trinajstić information content (AvgIpc) is 2.86. The molecule has 6 nitrogen and oxygen atoms in total. The molecule has 9 heteroatoms. The summed E-state index contributed by atoms with van der Waals surface area (Å²) < 4.78 is 40.6. The van der Waals surface area contributed by atoms with Crippen molar-refractivity contribution >= 4 is 22.9 Å². The van der Waals surface area contributed by atoms with Crippen LogP contribution < -0.4 is 0 Å². The SMILES string of the molecule is CC(C)N(CCC(=O)O)C(=O)Cn1c(C(F)(F)F)nc2ccccc21. The molecule has 0 atom stereocenters. The number of amides is 1. The Bertz CT molecular complexity index is 784. The van der Waals surface area contributed by atoms with Crippen LogP contribution in [0.15, 0.2) is 24.3 Å². The Morgan fingerprint density at radius 1 is 1.28 bits per heavy atom. The van der Waals surface area contributed by atoms with Gasteiger partial charge in [0.1, 0.15) is 6.54 Å². The fourth-order valence-electron chi connectivity index (χ4n) is 2.57. The molecule has 1 aromatic heterocycles. The first kappa shape index (κ1) is 18.8. The summed E-state index contributed by atoms with van der Waals surface area (Å²) in [5, 5.41) is 8.77. The van der Waals surface area contributed by atoms with Crippen molar-refractivity contribution in [3.05, 3.63) is 30.1 Å². The van der Waals surface area contributed by atoms with Crippen LogP contribution in [0, 0.1) is 0 Å². The molecule has 1 N–H and O–H groups in total. The Morgan fingerprint density at radius 2 is 1.92 bits per heavy atom. The number of halogens is 3. The number of fused-ring (bicyclic) bond motifs is 1. The van der Waals surface area contributed by atoms with Gasteiger partial charge in [0, 0.05) is 12.6 Å². The van der Waals surface area contributed by atoms with Crippen LogP contribution in [0.4, 0.5) is 13.2 Å². The third-order valence-corrected chi connectivity index (χ3v) is 3.71. The molecule has 0 unspecified atom stereocenters. The summed E-state index contributed by atoms with van der Waals surface area (Å²) in [6.07, 6.45) is -4.98. The molecule has 0 spiro atoms. The monoisotopic (exact) mass is 357 g/mol. The van der Waals surface area contributed by atoms with Crippen LogP contribution in [0.1, 0.15) is 26.1 Å². The number of alkyl halides is 3. The topological polar surface area (TPSA) is 75.4 Å². The van der Waals surface area contributed by atoms with E-state index >= 15 is 0 Å². The smallest absolute Gasteiger partial charge is 0.449 e. The van der Waals surface area contributed by atoms with Crippen molar-refractivity contribution in [2.45, 2.75) is 39.0 Å². The number of aliphatic carboxylic acids is 1. The average molecular weight is 357 g/mol. The number of carboxylic acids is 1. The largest absolute Gasteiger partial charge is 0.481 e. The van der Waals surface area contributed by atoms with Crippen molar-refractivity contribution in [1.29, 1.82) is 0 Å². The Kier molecular flexibility index (Phi) is 5.34. The van der Waals surface area contributed by atoms with Crippen LogP contribution in [0.25, 0.3) is 11.0 Å². The minimum absolute atomic E-state index is 0.0696. The molecule has 0 aliphatic carbocycles. The summed E-state index contributed by atoms with van der Waals surface area (Å²) in [4.78, 5) is 28.1. The van der Waals surface area contributed by atoms with Crippen LogP contribution in [0.3, 0.4) is 0 Å². The summed E-state index contributed by atoms with van der Waals surface area (Å²) in [5.74, 6) is -2.82. The molecular formula is C16H18F3N3O3. The number of nitrogens with zero attached hydrogens (tertiary/aromatic N) is 3. The Hall–Kier alpha value is -2.58. The second-order valence-corrected chi connectivity index (χ2v) is 5.83. The highest BCUT2D eigenvalue weighted by molar-refractivity contribution is 5.81. The number of aromatic nitrogens is 2. The summed E-state index contributed by atoms with van der Waals surface area (Å²) in [7, 11) is 0. The minimum Gasteiger partial charge on any atom is -0.481 e. The van der Waals surface area contributed by atoms with E-state index in [4.69, 9.17) is 5.11 Å². The normalized spacial score (nSPS) is 11.9. The van der Waals surface area contributed by atoms with Crippen molar-refractivity contribution in [1.82, 2.24) is 14.5 Å². The molecule has 0 bridgehead atoms. The number of hydrogen-bond acceptors (Lipinski definition) is 3. The first-order valence-electron chi connectivity index (χ1n) is 7.65. The summed E-state index contributed by atoms with van der Waals surface area (Å²) in [6, 6.07) is 5.69. The number of hydrogen-bond donors (Lipinski definition) is 1. The lowest BCUT2D eigenvalue weighted by atomic mass is 10.2. The zero-order chi connectivity index (χ0) is 18.8. The molecule has 0 aliphatic heterocycles. The van der Waals surface area contributed by atoms with Crippen LogP contribution in [-0.4, -0.2) is 44.0 Å². The molecule has 0 aliphatic rings. The highest BCUT2D eigenvalue weighted by Crippen LogP contribution is 2.31. The number of imidazole rings is 1. The summed E-state index contributed by atoms with van der Waals surface area (Å²) in [6.45, 7) is 2.72. The molecule has 1 heterocycles. The van der Waals surface area contributed by atoms with Gasteiger partial charge in [0.15, 0.2) is 0 Å². The fraction of sp³-hybridized carbons (Fsp3) is 0.438. The van der Waals surface area contributed by atoms with Crippen molar-refractivity contribution in [2.75, 3.05) is 6.54 Å². The van der Waals surface area contributed by atoms with E-state index in [2.05, 4.69) is 4.98 Å². The molecule has 0 saturated heterocycles. The van der Waals surface area contributed by atoms with Gasteiger partial charge in [-0.3, -0.25) is 9.59 Å². The second kappa shape index (κ2) is 7.12. The maximum absolute atomic E-state index is 13.3. The number of para-hydroxylation sites is 2. The van der Waals surface area contributed by atoms with Crippen LogP contribution in [0.2, 0.25) is 0 Å². The minimum atomic E-state index is -4.71. The van der Waals surface area contributed by atoms with Crippen LogP contribution in [-0.2, 0) is 22.3 Å². The lowest BCUT2D eigenvalue weighted by molar-refractivity contribution is -0.148. The van der Waals surface area contributed by atoms with E-state index in [0.29, 0.717) is 0 Å². The van der Waals surface area contributed by atoms with Crippen LogP contribution in [0.5, 0.6) is 0 Å². The van der Waals surface area contributed by atoms with Crippen LogP contribution >= 0.6 is 0 Å². The number of carbonyl (C=O) groups is 2. The van der Waals surface area contributed by atoms with E-state index in [1.165, 1.54) is 17.0 Å². The number of carbonyl (C=O) groups excluding carboxylic acids is 1. The zero-order valence-corrected chi connectivity index (χ0v) is 13.7. The second-order valence-electron chi connectivity index (χ2n) is 5.83. The third-order valence-electron chi connectivity index (χ3n) is 3.71. The van der Waals surface area contributed by atoms with Crippen molar-refractivity contribution < 1.29 is 27.9 Å². The Labute approximate surface area is 141 Å². The molecule has 1 amide bonds. The highest BCUT2D eigenvalue weighted by atomic mass is 19.4. The van der Waals surface area contributed by atoms with E-state index in [0.717, 1.165) is 4.57 Å². The van der Waals surface area contributed by atoms with Crippen molar-refractivity contribution in [3.63, 3.8) is 0 Å². The van der Waals surface area contributed by atoms with E-state index in [1.54, 1.807) is 26.0 Å². The molecule has 2 rings (SSSR count). The quantitative estimate of drug-likeness (QED) is 0.863. The molecular weight excluding hydrogens is 339 g/mol. The highest BCUT2D eigenvalue weighted by Gasteiger charge is 2.38. The lowest BCUT2D eigenvalue weighted by Crippen LogP contribution is -2.40. The van der Waals surface area contributed by atoms with Gasteiger partial charge in [0.25, 0.3) is 0 Å². The van der Waals surface area contributed by atoms with Gasteiger partial charge in [-0.25, -0.2) is 4.98 Å². The maximum Gasteiger partial charge on any atom is 0.449 e. The lowest BCUT2D eigenvalue weighted by Gasteiger charge is -2.27. The Balaban J connectivity index is 2.37. The number of carboxylic acid groups (broad SMARTS) is 1. The number of benzene rings is 1. The standard InChI is InChI=1S/C16H18F3N3O3/c1-10(2)21(8-7-14(24)25)13(23)9-22-12-6-4-3-5-11(12)20-15(22)16(17,18)19/h3-6,10H,7-9H2,1-2H3,(H,24,25). The van der Waals surface area contributed by atoms with Gasteiger partial charge in [-0.15, -0.1) is 0 Å². The van der Waals surface area contributed by atoms with Gasteiger partial charge in [-0.2, -0.15) is 13.2 Å². The van der Waals surface area contributed by atoms with Crippen molar-refractivity contribution in [3.8, 4) is 0 Å². The molecule has 136 valence electrons. The van der Waals surface area contributed by atoms with Gasteiger partial charge in [-0.1, -0.05) is 12.1 Å². The van der Waals surface area contributed by atoms with Gasteiger partial charge in [0.05, 0.1) is 17.5 Å². The van der Waals surface area contributed by atoms with E-state index in [9.17, 15) is 22.8 Å². The van der Waals surface area contributed by atoms with E-state index < -0.39 is 30.4 Å². The molecule has 0 fully saturated rings. The van der Waals surface area contributed by atoms with Gasteiger partial charge in [0.2, 0.25) is 11.7 Å². The molecule has 25 heavy (non-hydrogen) atoms. The maximum atomic E-state index is 13.3.